The summed E-state index contributed by atoms with van der Waals surface area (Å²) in [4.78, 5) is 23.1. The molecule has 0 aromatic heterocycles. The average Bonchev–Trinajstić information content (AvgIpc) is 2.48. The van der Waals surface area contributed by atoms with Gasteiger partial charge in [0, 0.05) is 5.56 Å². The van der Waals surface area contributed by atoms with Gasteiger partial charge in [-0.2, -0.15) is 0 Å². The van der Waals surface area contributed by atoms with Crippen LogP contribution in [0.3, 0.4) is 0 Å². The van der Waals surface area contributed by atoms with Crippen molar-refractivity contribution in [3.8, 4) is 0 Å². The Bertz CT molecular complexity index is 696. The summed E-state index contributed by atoms with van der Waals surface area (Å²) in [5.74, 6) is -1.32. The van der Waals surface area contributed by atoms with E-state index >= 15 is 0 Å². The Morgan fingerprint density at radius 2 is 1.90 bits per heavy atom. The molecule has 0 spiro atoms. The predicted molar refractivity (Wildman–Crippen MR) is 81.6 cm³/mol. The lowest BCUT2D eigenvalue weighted by Gasteiger charge is -2.11. The number of carbonyl (C=O) groups is 2. The van der Waals surface area contributed by atoms with Gasteiger partial charge in [-0.25, -0.2) is 4.79 Å². The number of amides is 1. The second-order valence-electron chi connectivity index (χ2n) is 4.57. The van der Waals surface area contributed by atoms with Crippen molar-refractivity contribution in [2.75, 3.05) is 11.1 Å². The highest BCUT2D eigenvalue weighted by atomic mass is 16.4. The molecule has 0 radical (unpaired) electrons. The third-order valence-corrected chi connectivity index (χ3v) is 3.19. The number of aromatic carboxylic acids is 1. The maximum atomic E-state index is 12.3. The number of anilines is 2. The van der Waals surface area contributed by atoms with E-state index in [0.29, 0.717) is 11.3 Å². The monoisotopic (exact) mass is 284 g/mol. The molecular weight excluding hydrogens is 268 g/mol. The SMILES string of the molecule is CCc1ccccc1C(=O)Nc1ccc(C(=O)O)cc1N. The van der Waals surface area contributed by atoms with Crippen LogP contribution in [0, 0.1) is 0 Å². The molecule has 2 aromatic carbocycles. The van der Waals surface area contributed by atoms with Crippen LogP contribution in [0.15, 0.2) is 42.5 Å². The van der Waals surface area contributed by atoms with Crippen LogP contribution in [0.2, 0.25) is 0 Å². The van der Waals surface area contributed by atoms with Crippen LogP contribution in [0.4, 0.5) is 11.4 Å². The minimum absolute atomic E-state index is 0.0828. The van der Waals surface area contributed by atoms with Gasteiger partial charge in [0.15, 0.2) is 0 Å². The van der Waals surface area contributed by atoms with Crippen molar-refractivity contribution < 1.29 is 14.7 Å². The number of carboxylic acid groups (broad SMARTS) is 1. The summed E-state index contributed by atoms with van der Waals surface area (Å²) in [6.07, 6.45) is 0.747. The van der Waals surface area contributed by atoms with Crippen molar-refractivity contribution in [3.63, 3.8) is 0 Å². The number of carboxylic acids is 1. The van der Waals surface area contributed by atoms with Crippen molar-refractivity contribution in [2.24, 2.45) is 0 Å². The number of carbonyl (C=O) groups excluding carboxylic acids is 1. The first-order valence-corrected chi connectivity index (χ1v) is 6.55. The van der Waals surface area contributed by atoms with Gasteiger partial charge in [0.05, 0.1) is 16.9 Å². The first-order valence-electron chi connectivity index (χ1n) is 6.55. The van der Waals surface area contributed by atoms with Gasteiger partial charge in [-0.15, -0.1) is 0 Å². The number of nitrogen functional groups attached to an aromatic ring is 1. The molecule has 5 heteroatoms. The second kappa shape index (κ2) is 6.09. The van der Waals surface area contributed by atoms with Gasteiger partial charge in [0.2, 0.25) is 0 Å². The van der Waals surface area contributed by atoms with E-state index in [1.165, 1.54) is 18.2 Å². The molecule has 0 saturated carbocycles. The molecule has 0 unspecified atom stereocenters. The summed E-state index contributed by atoms with van der Waals surface area (Å²) in [5, 5.41) is 11.6. The van der Waals surface area contributed by atoms with E-state index < -0.39 is 5.97 Å². The van der Waals surface area contributed by atoms with E-state index in [0.717, 1.165) is 12.0 Å². The molecule has 21 heavy (non-hydrogen) atoms. The number of hydrogen-bond donors (Lipinski definition) is 3. The number of benzene rings is 2. The molecular formula is C16H16N2O3. The Labute approximate surface area is 122 Å². The molecule has 0 atom stereocenters. The molecule has 0 saturated heterocycles. The number of aryl methyl sites for hydroxylation is 1. The van der Waals surface area contributed by atoms with Crippen molar-refractivity contribution in [1.29, 1.82) is 0 Å². The Morgan fingerprint density at radius 1 is 1.19 bits per heavy atom. The third-order valence-electron chi connectivity index (χ3n) is 3.19. The van der Waals surface area contributed by atoms with Gasteiger partial charge in [-0.05, 0) is 36.2 Å². The van der Waals surface area contributed by atoms with Crippen molar-refractivity contribution >= 4 is 23.3 Å². The lowest BCUT2D eigenvalue weighted by Crippen LogP contribution is -2.15. The molecule has 108 valence electrons. The van der Waals surface area contributed by atoms with Gasteiger partial charge in [0.25, 0.3) is 5.91 Å². The summed E-state index contributed by atoms with van der Waals surface area (Å²) in [6, 6.07) is 11.5. The fraction of sp³-hybridized carbons (Fsp3) is 0.125. The zero-order valence-corrected chi connectivity index (χ0v) is 11.6. The molecule has 1 amide bonds. The van der Waals surface area contributed by atoms with Gasteiger partial charge in [-0.3, -0.25) is 4.79 Å². The Morgan fingerprint density at radius 3 is 2.52 bits per heavy atom. The highest BCUT2D eigenvalue weighted by Crippen LogP contribution is 2.21. The number of nitrogens with one attached hydrogen (secondary N) is 1. The van der Waals surface area contributed by atoms with Gasteiger partial charge < -0.3 is 16.2 Å². The molecule has 0 aliphatic rings. The Balaban J connectivity index is 2.26. The summed E-state index contributed by atoms with van der Waals surface area (Å²) in [7, 11) is 0. The van der Waals surface area contributed by atoms with Crippen LogP contribution in [-0.2, 0) is 6.42 Å². The fourth-order valence-corrected chi connectivity index (χ4v) is 2.05. The minimum Gasteiger partial charge on any atom is -0.478 e. The number of nitrogens with two attached hydrogens (primary N) is 1. The molecule has 2 aromatic rings. The molecule has 4 N–H and O–H groups in total. The van der Waals surface area contributed by atoms with E-state index in [1.54, 1.807) is 12.1 Å². The highest BCUT2D eigenvalue weighted by Gasteiger charge is 2.12. The standard InChI is InChI=1S/C16H16N2O3/c1-2-10-5-3-4-6-12(10)15(19)18-14-8-7-11(16(20)21)9-13(14)17/h3-9H,2,17H2,1H3,(H,18,19)(H,20,21). The number of rotatable bonds is 4. The Kier molecular flexibility index (Phi) is 4.23. The second-order valence-corrected chi connectivity index (χ2v) is 4.57. The largest absolute Gasteiger partial charge is 0.478 e. The lowest BCUT2D eigenvalue weighted by molar-refractivity contribution is 0.0697. The van der Waals surface area contributed by atoms with E-state index in [4.69, 9.17) is 10.8 Å². The topological polar surface area (TPSA) is 92.4 Å². The summed E-state index contributed by atoms with van der Waals surface area (Å²) < 4.78 is 0. The summed E-state index contributed by atoms with van der Waals surface area (Å²) >= 11 is 0. The van der Waals surface area contributed by atoms with E-state index in [-0.39, 0.29) is 17.2 Å². The minimum atomic E-state index is -1.06. The van der Waals surface area contributed by atoms with E-state index in [9.17, 15) is 9.59 Å². The fourth-order valence-electron chi connectivity index (χ4n) is 2.05. The quantitative estimate of drug-likeness (QED) is 0.753. The van der Waals surface area contributed by atoms with Crippen LogP contribution >= 0.6 is 0 Å². The van der Waals surface area contributed by atoms with Crippen molar-refractivity contribution in [2.45, 2.75) is 13.3 Å². The van der Waals surface area contributed by atoms with E-state index in [1.807, 2.05) is 19.1 Å². The average molecular weight is 284 g/mol. The Hall–Kier alpha value is -2.82. The smallest absolute Gasteiger partial charge is 0.335 e. The predicted octanol–water partition coefficient (Wildman–Crippen LogP) is 2.78. The lowest BCUT2D eigenvalue weighted by atomic mass is 10.0. The van der Waals surface area contributed by atoms with Crippen LogP contribution in [0.1, 0.15) is 33.2 Å². The molecule has 0 aliphatic carbocycles. The maximum absolute atomic E-state index is 12.3. The molecule has 0 aliphatic heterocycles. The molecule has 0 bridgehead atoms. The van der Waals surface area contributed by atoms with Gasteiger partial charge >= 0.3 is 5.97 Å². The van der Waals surface area contributed by atoms with E-state index in [2.05, 4.69) is 5.32 Å². The first kappa shape index (κ1) is 14.6. The van der Waals surface area contributed by atoms with Crippen LogP contribution in [-0.4, -0.2) is 17.0 Å². The summed E-state index contributed by atoms with van der Waals surface area (Å²) in [6.45, 7) is 1.97. The van der Waals surface area contributed by atoms with Crippen LogP contribution < -0.4 is 11.1 Å². The van der Waals surface area contributed by atoms with Crippen molar-refractivity contribution in [1.82, 2.24) is 0 Å². The van der Waals surface area contributed by atoms with Gasteiger partial charge in [0.1, 0.15) is 0 Å². The highest BCUT2D eigenvalue weighted by molar-refractivity contribution is 6.07. The molecule has 0 heterocycles. The normalized spacial score (nSPS) is 10.1. The molecule has 0 fully saturated rings. The van der Waals surface area contributed by atoms with Crippen molar-refractivity contribution in [3.05, 3.63) is 59.2 Å². The molecule has 2 rings (SSSR count). The maximum Gasteiger partial charge on any atom is 0.335 e. The third kappa shape index (κ3) is 3.20. The molecule has 5 nitrogen and oxygen atoms in total. The first-order chi connectivity index (χ1) is 10.0. The summed E-state index contributed by atoms with van der Waals surface area (Å²) in [5.41, 5.74) is 8.00. The van der Waals surface area contributed by atoms with Crippen LogP contribution in [0.25, 0.3) is 0 Å². The zero-order valence-electron chi connectivity index (χ0n) is 11.6. The number of hydrogen-bond acceptors (Lipinski definition) is 3. The zero-order chi connectivity index (χ0) is 15.4. The van der Waals surface area contributed by atoms with Gasteiger partial charge in [-0.1, -0.05) is 25.1 Å². The van der Waals surface area contributed by atoms with Crippen LogP contribution in [0.5, 0.6) is 0 Å².